The van der Waals surface area contributed by atoms with E-state index in [2.05, 4.69) is 0 Å². The predicted octanol–water partition coefficient (Wildman–Crippen LogP) is 4.44. The fraction of sp³-hybridized carbons (Fsp3) is 0.0769. The quantitative estimate of drug-likeness (QED) is 0.724. The van der Waals surface area contributed by atoms with Gasteiger partial charge in [0.05, 0.1) is 5.02 Å². The average molecular weight is 219 g/mol. The molecule has 2 aromatic carbocycles. The number of hydrogen-bond donors (Lipinski definition) is 0. The molecule has 2 heteroatoms. The first-order valence-electron chi connectivity index (χ1n) is 4.75. The summed E-state index contributed by atoms with van der Waals surface area (Å²) in [7, 11) is 0. The Bertz CT molecular complexity index is 451. The van der Waals surface area contributed by atoms with Crippen LogP contribution in [-0.4, -0.2) is 0 Å². The molecule has 0 amide bonds. The maximum absolute atomic E-state index is 6.05. The van der Waals surface area contributed by atoms with Crippen molar-refractivity contribution in [1.29, 1.82) is 0 Å². The van der Waals surface area contributed by atoms with E-state index in [-0.39, 0.29) is 0 Å². The van der Waals surface area contributed by atoms with E-state index in [0.717, 1.165) is 11.3 Å². The van der Waals surface area contributed by atoms with Crippen LogP contribution in [0.5, 0.6) is 11.5 Å². The first-order chi connectivity index (χ1) is 7.25. The summed E-state index contributed by atoms with van der Waals surface area (Å²) in [6.45, 7) is 2.00. The Morgan fingerprint density at radius 2 is 1.73 bits per heavy atom. The van der Waals surface area contributed by atoms with E-state index in [1.165, 1.54) is 0 Å². The highest BCUT2D eigenvalue weighted by atomic mass is 35.5. The number of benzene rings is 2. The van der Waals surface area contributed by atoms with Gasteiger partial charge >= 0.3 is 0 Å². The largest absolute Gasteiger partial charge is 0.456 e. The summed E-state index contributed by atoms with van der Waals surface area (Å²) in [6, 6.07) is 15.3. The summed E-state index contributed by atoms with van der Waals surface area (Å²) in [5, 5.41) is 0.638. The molecule has 0 aliphatic carbocycles. The Labute approximate surface area is 94.3 Å². The zero-order valence-corrected chi connectivity index (χ0v) is 9.16. The van der Waals surface area contributed by atoms with Crippen LogP contribution in [0.3, 0.4) is 0 Å². The van der Waals surface area contributed by atoms with E-state index in [0.29, 0.717) is 10.8 Å². The van der Waals surface area contributed by atoms with Gasteiger partial charge in [-0.15, -0.1) is 0 Å². The molecule has 0 N–H and O–H groups in total. The van der Waals surface area contributed by atoms with Gasteiger partial charge in [-0.05, 0) is 36.8 Å². The Morgan fingerprint density at radius 1 is 1.00 bits per heavy atom. The fourth-order valence-electron chi connectivity index (χ4n) is 1.30. The minimum absolute atomic E-state index is 0.638. The number of halogens is 1. The van der Waals surface area contributed by atoms with Crippen molar-refractivity contribution >= 4 is 11.6 Å². The molecule has 0 bridgehead atoms. The van der Waals surface area contributed by atoms with Crippen LogP contribution in [0.4, 0.5) is 0 Å². The van der Waals surface area contributed by atoms with Gasteiger partial charge in [0.1, 0.15) is 11.5 Å². The smallest absolute Gasteiger partial charge is 0.146 e. The Hall–Kier alpha value is -1.47. The number of ether oxygens (including phenoxy) is 1. The monoisotopic (exact) mass is 218 g/mol. The molecule has 15 heavy (non-hydrogen) atoms. The predicted molar refractivity (Wildman–Crippen MR) is 62.7 cm³/mol. The second-order valence-corrected chi connectivity index (χ2v) is 3.76. The Balaban J connectivity index is 2.25. The third-order valence-electron chi connectivity index (χ3n) is 2.06. The molecule has 0 radical (unpaired) electrons. The molecule has 0 saturated carbocycles. The molecular weight excluding hydrogens is 208 g/mol. The van der Waals surface area contributed by atoms with Crippen LogP contribution in [0.25, 0.3) is 0 Å². The van der Waals surface area contributed by atoms with Gasteiger partial charge in [-0.25, -0.2) is 0 Å². The lowest BCUT2D eigenvalue weighted by molar-refractivity contribution is 0.483. The van der Waals surface area contributed by atoms with Gasteiger partial charge in [0.2, 0.25) is 0 Å². The fourth-order valence-corrected chi connectivity index (χ4v) is 1.58. The first kappa shape index (κ1) is 10.1. The lowest BCUT2D eigenvalue weighted by atomic mass is 10.2. The highest BCUT2D eigenvalue weighted by Crippen LogP contribution is 2.29. The molecule has 76 valence electrons. The summed E-state index contributed by atoms with van der Waals surface area (Å²) in [5.74, 6) is 1.48. The molecule has 0 aliphatic heterocycles. The van der Waals surface area contributed by atoms with Gasteiger partial charge in [-0.2, -0.15) is 0 Å². The maximum Gasteiger partial charge on any atom is 0.146 e. The third-order valence-corrected chi connectivity index (χ3v) is 2.35. The van der Waals surface area contributed by atoms with E-state index < -0.39 is 0 Å². The van der Waals surface area contributed by atoms with Crippen molar-refractivity contribution < 1.29 is 4.74 Å². The zero-order valence-electron chi connectivity index (χ0n) is 8.41. The van der Waals surface area contributed by atoms with Crippen LogP contribution in [0.15, 0.2) is 48.5 Å². The van der Waals surface area contributed by atoms with Gasteiger partial charge in [0.25, 0.3) is 0 Å². The number of para-hydroxylation sites is 1. The summed E-state index contributed by atoms with van der Waals surface area (Å²) >= 11 is 6.05. The Kier molecular flexibility index (Phi) is 2.93. The summed E-state index contributed by atoms with van der Waals surface area (Å²) in [6.07, 6.45) is 0. The summed E-state index contributed by atoms with van der Waals surface area (Å²) < 4.78 is 5.63. The van der Waals surface area contributed by atoms with E-state index in [4.69, 9.17) is 16.3 Å². The topological polar surface area (TPSA) is 9.23 Å². The van der Waals surface area contributed by atoms with Crippen LogP contribution < -0.4 is 4.74 Å². The second kappa shape index (κ2) is 4.37. The van der Waals surface area contributed by atoms with Gasteiger partial charge in [0.15, 0.2) is 0 Å². The van der Waals surface area contributed by atoms with Crippen molar-refractivity contribution in [1.82, 2.24) is 0 Å². The van der Waals surface area contributed by atoms with Crippen molar-refractivity contribution in [2.24, 2.45) is 0 Å². The normalized spacial score (nSPS) is 10.0. The molecule has 0 atom stereocenters. The van der Waals surface area contributed by atoms with Gasteiger partial charge in [-0.3, -0.25) is 0 Å². The molecular formula is C13H11ClO. The van der Waals surface area contributed by atoms with Crippen LogP contribution in [0.2, 0.25) is 5.02 Å². The molecule has 0 spiro atoms. The highest BCUT2D eigenvalue weighted by Gasteiger charge is 2.02. The van der Waals surface area contributed by atoms with Gasteiger partial charge < -0.3 is 4.74 Å². The first-order valence-corrected chi connectivity index (χ1v) is 5.12. The van der Waals surface area contributed by atoms with Gasteiger partial charge in [-0.1, -0.05) is 35.9 Å². The van der Waals surface area contributed by atoms with E-state index in [1.807, 2.05) is 55.5 Å². The number of aryl methyl sites for hydroxylation is 1. The van der Waals surface area contributed by atoms with Crippen molar-refractivity contribution in [3.63, 3.8) is 0 Å². The number of rotatable bonds is 2. The van der Waals surface area contributed by atoms with E-state index in [1.54, 1.807) is 0 Å². The minimum Gasteiger partial charge on any atom is -0.456 e. The Morgan fingerprint density at radius 3 is 2.40 bits per heavy atom. The highest BCUT2D eigenvalue weighted by molar-refractivity contribution is 6.32. The molecule has 0 unspecified atom stereocenters. The maximum atomic E-state index is 6.05. The summed E-state index contributed by atoms with van der Waals surface area (Å²) in [4.78, 5) is 0. The number of hydrogen-bond acceptors (Lipinski definition) is 1. The lowest BCUT2D eigenvalue weighted by Crippen LogP contribution is -1.85. The van der Waals surface area contributed by atoms with Crippen LogP contribution in [0, 0.1) is 6.92 Å². The zero-order chi connectivity index (χ0) is 10.7. The van der Waals surface area contributed by atoms with Crippen molar-refractivity contribution in [2.75, 3.05) is 0 Å². The third kappa shape index (κ3) is 2.51. The van der Waals surface area contributed by atoms with E-state index in [9.17, 15) is 0 Å². The lowest BCUT2D eigenvalue weighted by Gasteiger charge is -2.07. The average Bonchev–Trinajstić information content (AvgIpc) is 2.24. The second-order valence-electron chi connectivity index (χ2n) is 3.35. The molecule has 0 saturated heterocycles. The standard InChI is InChI=1S/C13H11ClO/c1-10-7-8-13(12(14)9-10)15-11-5-3-2-4-6-11/h2-9H,1H3. The van der Waals surface area contributed by atoms with Crippen LogP contribution >= 0.6 is 11.6 Å². The van der Waals surface area contributed by atoms with Gasteiger partial charge in [0, 0.05) is 0 Å². The molecule has 2 rings (SSSR count). The summed E-state index contributed by atoms with van der Waals surface area (Å²) in [5.41, 5.74) is 1.13. The SMILES string of the molecule is Cc1ccc(Oc2ccccc2)c(Cl)c1. The van der Waals surface area contributed by atoms with Crippen LogP contribution in [-0.2, 0) is 0 Å². The molecule has 1 nitrogen and oxygen atoms in total. The van der Waals surface area contributed by atoms with E-state index >= 15 is 0 Å². The van der Waals surface area contributed by atoms with Crippen LogP contribution in [0.1, 0.15) is 5.56 Å². The molecule has 2 aromatic rings. The van der Waals surface area contributed by atoms with Crippen molar-refractivity contribution in [2.45, 2.75) is 6.92 Å². The molecule has 0 heterocycles. The molecule has 0 aliphatic rings. The molecule has 0 aromatic heterocycles. The van der Waals surface area contributed by atoms with Crippen molar-refractivity contribution in [3.05, 3.63) is 59.1 Å². The van der Waals surface area contributed by atoms with Crippen molar-refractivity contribution in [3.8, 4) is 11.5 Å². The minimum atomic E-state index is 0.638. The molecule has 0 fully saturated rings.